The van der Waals surface area contributed by atoms with Gasteiger partial charge < -0.3 is 9.47 Å². The minimum absolute atomic E-state index is 0.0474. The topological polar surface area (TPSA) is 72.9 Å². The Labute approximate surface area is 213 Å². The maximum Gasteiger partial charge on any atom is 0.573 e. The number of Topliss-reactive ketones (excluding diaryl/α,β-unsaturated/α-hetero) is 1. The van der Waals surface area contributed by atoms with E-state index < -0.39 is 21.4 Å². The van der Waals surface area contributed by atoms with E-state index in [0.29, 0.717) is 48.4 Å². The molecule has 0 radical (unpaired) electrons. The maximum atomic E-state index is 13.2. The van der Waals surface area contributed by atoms with Gasteiger partial charge in [0, 0.05) is 5.56 Å². The monoisotopic (exact) mass is 533 g/mol. The summed E-state index contributed by atoms with van der Waals surface area (Å²) in [4.78, 5) is 14.8. The molecule has 196 valence electrons. The van der Waals surface area contributed by atoms with Crippen LogP contribution in [0.2, 0.25) is 0 Å². The van der Waals surface area contributed by atoms with Crippen molar-refractivity contribution in [2.75, 3.05) is 26.7 Å². The normalized spacial score (nSPS) is 15.4. The Hall–Kier alpha value is -3.37. The van der Waals surface area contributed by atoms with Crippen molar-refractivity contribution >= 4 is 15.6 Å². The fourth-order valence-corrected chi connectivity index (χ4v) is 6.08. The minimum atomic E-state index is -4.76. The van der Waals surface area contributed by atoms with E-state index in [9.17, 15) is 26.4 Å². The van der Waals surface area contributed by atoms with Gasteiger partial charge in [-0.3, -0.25) is 9.69 Å². The van der Waals surface area contributed by atoms with Crippen molar-refractivity contribution in [3.05, 3.63) is 78.4 Å². The number of hydrogen-bond acceptors (Lipinski definition) is 6. The number of rotatable bonds is 8. The summed E-state index contributed by atoms with van der Waals surface area (Å²) in [6, 6.07) is 18.6. The van der Waals surface area contributed by atoms with E-state index >= 15 is 0 Å². The highest BCUT2D eigenvalue weighted by Gasteiger charge is 2.32. The number of nitrogens with zero attached hydrogens (tertiary/aromatic N) is 1. The quantitative estimate of drug-likeness (QED) is 0.362. The number of sulfone groups is 1. The van der Waals surface area contributed by atoms with Crippen LogP contribution in [0.25, 0.3) is 11.1 Å². The highest BCUT2D eigenvalue weighted by molar-refractivity contribution is 7.92. The highest BCUT2D eigenvalue weighted by atomic mass is 32.2. The third-order valence-electron chi connectivity index (χ3n) is 6.34. The van der Waals surface area contributed by atoms with E-state index in [-0.39, 0.29) is 23.0 Å². The Balaban J connectivity index is 1.35. The summed E-state index contributed by atoms with van der Waals surface area (Å²) in [5.74, 6) is 0.231. The Morgan fingerprint density at radius 2 is 1.51 bits per heavy atom. The summed E-state index contributed by atoms with van der Waals surface area (Å²) in [6.45, 7) is 1.19. The van der Waals surface area contributed by atoms with Crippen LogP contribution in [0.1, 0.15) is 23.2 Å². The molecule has 3 aromatic carbocycles. The molecular weight excluding hydrogens is 507 g/mol. The van der Waals surface area contributed by atoms with Crippen LogP contribution >= 0.6 is 0 Å². The average Bonchev–Trinajstić information content (AvgIpc) is 2.88. The van der Waals surface area contributed by atoms with E-state index in [4.69, 9.17) is 4.74 Å². The van der Waals surface area contributed by atoms with E-state index in [1.165, 1.54) is 43.5 Å². The number of benzene rings is 3. The van der Waals surface area contributed by atoms with Crippen molar-refractivity contribution in [2.45, 2.75) is 29.3 Å². The first-order chi connectivity index (χ1) is 17.5. The van der Waals surface area contributed by atoms with E-state index in [1.54, 1.807) is 36.4 Å². The molecule has 0 saturated carbocycles. The zero-order valence-corrected chi connectivity index (χ0v) is 20.9. The predicted molar refractivity (Wildman–Crippen MR) is 133 cm³/mol. The third-order valence-corrected chi connectivity index (χ3v) is 8.61. The molecule has 1 aliphatic rings. The number of likely N-dealkylation sites (tertiary alicyclic amines) is 1. The van der Waals surface area contributed by atoms with Gasteiger partial charge in [0.1, 0.15) is 11.5 Å². The first-order valence-electron chi connectivity index (χ1n) is 11.6. The number of hydrogen-bond donors (Lipinski definition) is 0. The van der Waals surface area contributed by atoms with Crippen LogP contribution in [0.5, 0.6) is 11.5 Å². The largest absolute Gasteiger partial charge is 0.573 e. The SMILES string of the molecule is COc1cccc(C(=O)CN2CCC(S(=O)(=O)c3ccc(-c4ccc(OC(F)(F)F)cc4)cc3)CC2)c1. The van der Waals surface area contributed by atoms with Crippen LogP contribution in [0.3, 0.4) is 0 Å². The van der Waals surface area contributed by atoms with Gasteiger partial charge in [0.25, 0.3) is 0 Å². The van der Waals surface area contributed by atoms with Crippen LogP contribution in [0, 0.1) is 0 Å². The van der Waals surface area contributed by atoms with Gasteiger partial charge in [0.2, 0.25) is 0 Å². The van der Waals surface area contributed by atoms with Gasteiger partial charge in [-0.15, -0.1) is 13.2 Å². The zero-order chi connectivity index (χ0) is 26.6. The van der Waals surface area contributed by atoms with Gasteiger partial charge in [-0.1, -0.05) is 36.4 Å². The van der Waals surface area contributed by atoms with Crippen molar-refractivity contribution < 1.29 is 35.9 Å². The summed E-state index contributed by atoms with van der Waals surface area (Å²) in [5.41, 5.74) is 1.85. The molecule has 1 aliphatic heterocycles. The van der Waals surface area contributed by atoms with E-state index in [2.05, 4.69) is 4.74 Å². The first-order valence-corrected chi connectivity index (χ1v) is 13.2. The summed E-state index contributed by atoms with van der Waals surface area (Å²) in [5, 5.41) is -0.555. The molecule has 0 aliphatic carbocycles. The Morgan fingerprint density at radius 3 is 2.08 bits per heavy atom. The van der Waals surface area contributed by atoms with Crippen molar-refractivity contribution in [1.29, 1.82) is 0 Å². The third kappa shape index (κ3) is 6.69. The lowest BCUT2D eigenvalue weighted by atomic mass is 10.1. The minimum Gasteiger partial charge on any atom is -0.497 e. The molecule has 0 N–H and O–H groups in total. The molecule has 4 rings (SSSR count). The number of ketones is 1. The second-order valence-corrected chi connectivity index (χ2v) is 11.0. The van der Waals surface area contributed by atoms with Crippen LogP contribution in [-0.4, -0.2) is 57.5 Å². The molecule has 3 aromatic rings. The van der Waals surface area contributed by atoms with Gasteiger partial charge in [-0.2, -0.15) is 0 Å². The lowest BCUT2D eigenvalue weighted by Gasteiger charge is -2.31. The fraction of sp³-hybridized carbons (Fsp3) is 0.296. The van der Waals surface area contributed by atoms with Gasteiger partial charge in [0.05, 0.1) is 23.8 Å². The predicted octanol–water partition coefficient (Wildman–Crippen LogP) is 5.38. The summed E-state index contributed by atoms with van der Waals surface area (Å²) in [7, 11) is -2.04. The van der Waals surface area contributed by atoms with Gasteiger partial charge in [-0.05, 0) is 73.5 Å². The average molecular weight is 534 g/mol. The highest BCUT2D eigenvalue weighted by Crippen LogP contribution is 2.29. The Morgan fingerprint density at radius 1 is 0.919 bits per heavy atom. The van der Waals surface area contributed by atoms with Crippen LogP contribution < -0.4 is 9.47 Å². The van der Waals surface area contributed by atoms with Gasteiger partial charge in [-0.25, -0.2) is 8.42 Å². The van der Waals surface area contributed by atoms with E-state index in [1.807, 2.05) is 4.90 Å². The molecule has 0 atom stereocenters. The fourth-order valence-electron chi connectivity index (χ4n) is 4.35. The van der Waals surface area contributed by atoms with Crippen molar-refractivity contribution in [2.24, 2.45) is 0 Å². The number of alkyl halides is 3. The molecule has 10 heteroatoms. The molecule has 37 heavy (non-hydrogen) atoms. The molecule has 0 spiro atoms. The molecule has 0 aromatic heterocycles. The number of halogens is 3. The number of ether oxygens (including phenoxy) is 2. The second-order valence-electron chi connectivity index (χ2n) is 8.77. The van der Waals surface area contributed by atoms with Crippen molar-refractivity contribution in [3.8, 4) is 22.6 Å². The van der Waals surface area contributed by atoms with Crippen LogP contribution in [-0.2, 0) is 9.84 Å². The molecule has 0 amide bonds. The van der Waals surface area contributed by atoms with Crippen molar-refractivity contribution in [3.63, 3.8) is 0 Å². The second kappa shape index (κ2) is 10.9. The van der Waals surface area contributed by atoms with E-state index in [0.717, 1.165) is 0 Å². The standard InChI is InChI=1S/C27H26F3NO5S/c1-35-23-4-2-3-21(17-23)26(32)18-31-15-13-25(14-16-31)37(33,34)24-11-7-20(8-12-24)19-5-9-22(10-6-19)36-27(28,29)30/h2-12,17,25H,13-16,18H2,1H3. The molecule has 0 bridgehead atoms. The molecule has 1 fully saturated rings. The zero-order valence-electron chi connectivity index (χ0n) is 20.1. The summed E-state index contributed by atoms with van der Waals surface area (Å²) < 4.78 is 72.5. The van der Waals surface area contributed by atoms with Crippen LogP contribution in [0.15, 0.2) is 77.7 Å². The maximum absolute atomic E-state index is 13.2. The van der Waals surface area contributed by atoms with Gasteiger partial charge >= 0.3 is 6.36 Å². The first kappa shape index (κ1) is 26.7. The lowest BCUT2D eigenvalue weighted by Crippen LogP contribution is -2.41. The van der Waals surface area contributed by atoms with Crippen molar-refractivity contribution in [1.82, 2.24) is 4.90 Å². The summed E-state index contributed by atoms with van der Waals surface area (Å²) >= 11 is 0. The smallest absolute Gasteiger partial charge is 0.497 e. The molecule has 0 unspecified atom stereocenters. The number of carbonyl (C=O) groups excluding carboxylic acids is 1. The van der Waals surface area contributed by atoms with Gasteiger partial charge in [0.15, 0.2) is 15.6 Å². The Bertz CT molecular complexity index is 1330. The molecule has 6 nitrogen and oxygen atoms in total. The Kier molecular flexibility index (Phi) is 7.89. The molecule has 1 heterocycles. The number of piperidine rings is 1. The number of carbonyl (C=O) groups is 1. The lowest BCUT2D eigenvalue weighted by molar-refractivity contribution is -0.274. The van der Waals surface area contributed by atoms with Crippen LogP contribution in [0.4, 0.5) is 13.2 Å². The molecule has 1 saturated heterocycles. The number of methoxy groups -OCH3 is 1. The summed E-state index contributed by atoms with van der Waals surface area (Å²) in [6.07, 6.45) is -3.94. The molecular formula is C27H26F3NO5S.